The first-order valence-corrected chi connectivity index (χ1v) is 7.00. The Kier molecular flexibility index (Phi) is 5.10. The van der Waals surface area contributed by atoms with E-state index in [1.54, 1.807) is 13.2 Å². The first-order chi connectivity index (χ1) is 8.24. The minimum atomic E-state index is -4.77. The largest absolute Gasteiger partial charge is 0.573 e. The molecule has 0 bridgehead atoms. The maximum atomic E-state index is 12.2. The lowest BCUT2D eigenvalue weighted by molar-refractivity contribution is -0.275. The van der Waals surface area contributed by atoms with Crippen LogP contribution in [0.4, 0.5) is 13.2 Å². The third-order valence-electron chi connectivity index (χ3n) is 2.04. The van der Waals surface area contributed by atoms with E-state index >= 15 is 0 Å². The molecule has 1 aromatic carbocycles. The van der Waals surface area contributed by atoms with Crippen LogP contribution in [-0.2, 0) is 0 Å². The molecule has 0 saturated carbocycles. The summed E-state index contributed by atoms with van der Waals surface area (Å²) in [5, 5.41) is 0. The number of thioether (sulfide) groups is 1. The average molecular weight is 343 g/mol. The molecule has 100 valence electrons. The molecule has 1 aromatic rings. The van der Waals surface area contributed by atoms with Crippen LogP contribution in [0.3, 0.4) is 0 Å². The Hall–Kier alpha value is -0.690. The van der Waals surface area contributed by atoms with E-state index in [9.17, 15) is 18.0 Å². The maximum absolute atomic E-state index is 12.2. The minimum Gasteiger partial charge on any atom is -0.405 e. The summed E-state index contributed by atoms with van der Waals surface area (Å²) in [6.45, 7) is 1.61. The molecule has 0 aliphatic heterocycles. The highest BCUT2D eigenvalue weighted by atomic mass is 79.9. The fraction of sp³-hybridized carbons (Fsp3) is 0.364. The molecule has 0 spiro atoms. The molecule has 0 saturated heterocycles. The third kappa shape index (κ3) is 4.20. The van der Waals surface area contributed by atoms with Gasteiger partial charge in [-0.15, -0.1) is 24.9 Å². The second-order valence-electron chi connectivity index (χ2n) is 3.39. The van der Waals surface area contributed by atoms with Crippen LogP contribution >= 0.6 is 27.7 Å². The van der Waals surface area contributed by atoms with Gasteiger partial charge in [-0.05, 0) is 31.4 Å². The topological polar surface area (TPSA) is 26.3 Å². The molecular formula is C11H10BrF3O2S. The number of Topliss-reactive ketones (excluding diaryl/α,β-unsaturated/α-hetero) is 1. The Balaban J connectivity index is 3.13. The van der Waals surface area contributed by atoms with E-state index in [-0.39, 0.29) is 17.1 Å². The molecule has 0 aromatic heterocycles. The summed E-state index contributed by atoms with van der Waals surface area (Å²) in [5.74, 6) is -0.649. The van der Waals surface area contributed by atoms with Gasteiger partial charge in [0.2, 0.25) is 0 Å². The smallest absolute Gasteiger partial charge is 0.405 e. The van der Waals surface area contributed by atoms with Crippen LogP contribution in [0.1, 0.15) is 17.3 Å². The lowest BCUT2D eigenvalue weighted by Crippen LogP contribution is -2.18. The molecule has 18 heavy (non-hydrogen) atoms. The van der Waals surface area contributed by atoms with Crippen LogP contribution in [0, 0.1) is 0 Å². The molecule has 0 amide bonds. The first-order valence-electron chi connectivity index (χ1n) is 4.86. The van der Waals surface area contributed by atoms with Crippen molar-refractivity contribution in [3.63, 3.8) is 0 Å². The van der Waals surface area contributed by atoms with Gasteiger partial charge in [-0.2, -0.15) is 0 Å². The number of ketones is 1. The highest BCUT2D eigenvalue weighted by molar-refractivity contribution is 9.10. The van der Waals surface area contributed by atoms with Gasteiger partial charge in [0.1, 0.15) is 5.75 Å². The number of benzene rings is 1. The number of carbonyl (C=O) groups excluding carboxylic acids is 1. The third-order valence-corrected chi connectivity index (χ3v) is 3.23. The Morgan fingerprint density at radius 1 is 1.44 bits per heavy atom. The number of carbonyl (C=O) groups is 1. The van der Waals surface area contributed by atoms with Gasteiger partial charge in [0.15, 0.2) is 5.78 Å². The van der Waals surface area contributed by atoms with Crippen LogP contribution in [0.5, 0.6) is 5.75 Å². The van der Waals surface area contributed by atoms with Gasteiger partial charge in [0, 0.05) is 10.5 Å². The average Bonchev–Trinajstić information content (AvgIpc) is 2.25. The molecule has 2 nitrogen and oxygen atoms in total. The predicted octanol–water partition coefficient (Wildman–Crippen LogP) is 4.27. The zero-order chi connectivity index (χ0) is 13.9. The SMILES string of the molecule is CSc1ccc(C(=O)C(C)Br)cc1OC(F)(F)F. The standard InChI is InChI=1S/C11H10BrF3O2S/c1-6(12)10(16)7-3-4-9(18-2)8(5-7)17-11(13,14)15/h3-6H,1-2H3. The van der Waals surface area contributed by atoms with Crippen molar-refractivity contribution >= 4 is 33.5 Å². The minimum absolute atomic E-state index is 0.177. The zero-order valence-electron chi connectivity index (χ0n) is 9.55. The van der Waals surface area contributed by atoms with Crippen molar-refractivity contribution in [1.82, 2.24) is 0 Å². The molecular weight excluding hydrogens is 333 g/mol. The van der Waals surface area contributed by atoms with Gasteiger partial charge in [-0.25, -0.2) is 0 Å². The number of alkyl halides is 4. The van der Waals surface area contributed by atoms with Gasteiger partial charge in [0.05, 0.1) is 4.83 Å². The molecule has 0 aliphatic carbocycles. The summed E-state index contributed by atoms with van der Waals surface area (Å²) in [4.78, 5) is 11.5. The van der Waals surface area contributed by atoms with Crippen molar-refractivity contribution in [1.29, 1.82) is 0 Å². The fourth-order valence-corrected chi connectivity index (χ4v) is 2.03. The molecule has 1 unspecified atom stereocenters. The van der Waals surface area contributed by atoms with E-state index in [4.69, 9.17) is 0 Å². The van der Waals surface area contributed by atoms with Crippen molar-refractivity contribution in [3.05, 3.63) is 23.8 Å². The number of ether oxygens (including phenoxy) is 1. The molecule has 0 N–H and O–H groups in total. The van der Waals surface area contributed by atoms with Crippen molar-refractivity contribution in [2.24, 2.45) is 0 Å². The van der Waals surface area contributed by atoms with Crippen molar-refractivity contribution in [3.8, 4) is 5.75 Å². The molecule has 0 radical (unpaired) electrons. The van der Waals surface area contributed by atoms with E-state index in [2.05, 4.69) is 20.7 Å². The van der Waals surface area contributed by atoms with E-state index in [0.29, 0.717) is 4.90 Å². The lowest BCUT2D eigenvalue weighted by atomic mass is 10.1. The second-order valence-corrected chi connectivity index (χ2v) is 5.62. The molecule has 0 fully saturated rings. The van der Waals surface area contributed by atoms with E-state index in [0.717, 1.165) is 17.8 Å². The summed E-state index contributed by atoms with van der Waals surface area (Å²) in [6, 6.07) is 4.03. The van der Waals surface area contributed by atoms with Crippen LogP contribution in [0.15, 0.2) is 23.1 Å². The Bertz CT molecular complexity index is 446. The van der Waals surface area contributed by atoms with Gasteiger partial charge in [0.25, 0.3) is 0 Å². The number of hydrogen-bond donors (Lipinski definition) is 0. The van der Waals surface area contributed by atoms with Gasteiger partial charge < -0.3 is 4.74 Å². The predicted molar refractivity (Wildman–Crippen MR) is 67.6 cm³/mol. The summed E-state index contributed by atoms with van der Waals surface area (Å²) in [6.07, 6.45) is -3.14. The van der Waals surface area contributed by atoms with Crippen LogP contribution in [0.25, 0.3) is 0 Å². The molecule has 7 heteroatoms. The molecule has 0 aliphatic rings. The lowest BCUT2D eigenvalue weighted by Gasteiger charge is -2.13. The number of rotatable bonds is 4. The van der Waals surface area contributed by atoms with Crippen molar-refractivity contribution < 1.29 is 22.7 Å². The Morgan fingerprint density at radius 3 is 2.50 bits per heavy atom. The van der Waals surface area contributed by atoms with Crippen LogP contribution < -0.4 is 4.74 Å². The second kappa shape index (κ2) is 5.97. The van der Waals surface area contributed by atoms with Crippen molar-refractivity contribution in [2.45, 2.75) is 23.0 Å². The number of halogens is 4. The number of hydrogen-bond acceptors (Lipinski definition) is 3. The summed E-state index contributed by atoms with van der Waals surface area (Å²) in [5.41, 5.74) is 0.177. The Morgan fingerprint density at radius 2 is 2.06 bits per heavy atom. The van der Waals surface area contributed by atoms with E-state index in [1.807, 2.05) is 0 Å². The normalized spacial score (nSPS) is 13.2. The summed E-state index contributed by atoms with van der Waals surface area (Å²) < 4.78 is 40.6. The van der Waals surface area contributed by atoms with Crippen LogP contribution in [-0.4, -0.2) is 23.2 Å². The summed E-state index contributed by atoms with van der Waals surface area (Å²) in [7, 11) is 0. The highest BCUT2D eigenvalue weighted by Gasteiger charge is 2.32. The fourth-order valence-electron chi connectivity index (χ4n) is 1.26. The van der Waals surface area contributed by atoms with Crippen LogP contribution in [0.2, 0.25) is 0 Å². The highest BCUT2D eigenvalue weighted by Crippen LogP contribution is 2.33. The quantitative estimate of drug-likeness (QED) is 0.464. The Labute approximate surface area is 115 Å². The monoisotopic (exact) mass is 342 g/mol. The van der Waals surface area contributed by atoms with Gasteiger partial charge in [-0.1, -0.05) is 15.9 Å². The summed E-state index contributed by atoms with van der Waals surface area (Å²) >= 11 is 4.20. The van der Waals surface area contributed by atoms with Gasteiger partial charge in [-0.3, -0.25) is 4.79 Å². The molecule has 1 atom stereocenters. The van der Waals surface area contributed by atoms with E-state index in [1.165, 1.54) is 12.1 Å². The zero-order valence-corrected chi connectivity index (χ0v) is 11.9. The van der Waals surface area contributed by atoms with Gasteiger partial charge >= 0.3 is 6.36 Å². The van der Waals surface area contributed by atoms with E-state index < -0.39 is 11.2 Å². The maximum Gasteiger partial charge on any atom is 0.573 e. The molecule has 0 heterocycles. The van der Waals surface area contributed by atoms with Crippen molar-refractivity contribution in [2.75, 3.05) is 6.26 Å². The molecule has 1 rings (SSSR count). The first kappa shape index (κ1) is 15.4.